The number of aromatic nitrogens is 2. The summed E-state index contributed by atoms with van der Waals surface area (Å²) in [6.45, 7) is 2.61. The van der Waals surface area contributed by atoms with Crippen molar-refractivity contribution in [3.8, 4) is 0 Å². The summed E-state index contributed by atoms with van der Waals surface area (Å²) in [4.78, 5) is 8.85. The lowest BCUT2D eigenvalue weighted by atomic mass is 10.1. The molecule has 148 valence electrons. The van der Waals surface area contributed by atoms with Crippen LogP contribution in [0.2, 0.25) is 0 Å². The minimum Gasteiger partial charge on any atom is -0.394 e. The fraction of sp³-hybridized carbons (Fsp3) is 0.375. The average Bonchev–Trinajstić information content (AvgIpc) is 3.15. The summed E-state index contributed by atoms with van der Waals surface area (Å²) in [5.41, 5.74) is 1.10. The Kier molecular flexibility index (Phi) is 6.68. The van der Waals surface area contributed by atoms with Crippen LogP contribution in [0.25, 0.3) is 0 Å². The number of hydrogen-bond acceptors (Lipinski definition) is 8. The summed E-state index contributed by atoms with van der Waals surface area (Å²) in [6.07, 6.45) is -3.44. The molecule has 0 saturated carbocycles. The predicted octanol–water partition coefficient (Wildman–Crippen LogP) is -0.832. The van der Waals surface area contributed by atoms with Gasteiger partial charge in [-0.1, -0.05) is 17.7 Å². The fourth-order valence-electron chi connectivity index (χ4n) is 2.12. The molecule has 2 rings (SSSR count). The minimum absolute atomic E-state index is 0.000872. The van der Waals surface area contributed by atoms with Crippen LogP contribution in [0.3, 0.4) is 0 Å². The lowest BCUT2D eigenvalue weighted by molar-refractivity contribution is -0.0788. The number of nitrogens with zero attached hydrogens (tertiary/aromatic N) is 2. The van der Waals surface area contributed by atoms with E-state index >= 15 is 0 Å². The number of aryl methyl sites for hydroxylation is 1. The molecule has 0 amide bonds. The van der Waals surface area contributed by atoms with Crippen molar-refractivity contribution < 1.29 is 28.8 Å². The quantitative estimate of drug-likeness (QED) is 0.249. The van der Waals surface area contributed by atoms with Crippen LogP contribution in [0, 0.1) is 6.92 Å². The van der Waals surface area contributed by atoms with Gasteiger partial charge in [0.25, 0.3) is 10.0 Å². The highest BCUT2D eigenvalue weighted by Crippen LogP contribution is 2.17. The molecule has 27 heavy (non-hydrogen) atoms. The van der Waals surface area contributed by atoms with Crippen LogP contribution in [0.15, 0.2) is 40.5 Å². The highest BCUT2D eigenvalue weighted by Gasteiger charge is 2.27. The van der Waals surface area contributed by atoms with Crippen LogP contribution in [0.1, 0.15) is 30.1 Å². The molecule has 0 spiro atoms. The Balaban J connectivity index is 2.12. The van der Waals surface area contributed by atoms with Crippen LogP contribution >= 0.6 is 0 Å². The number of aliphatic hydroxyl groups excluding tert-OH is 4. The van der Waals surface area contributed by atoms with Gasteiger partial charge in [-0.2, -0.15) is 18.4 Å². The molecular formula is C16H22N4O6S. The summed E-state index contributed by atoms with van der Waals surface area (Å²) < 4.78 is 24.4. The van der Waals surface area contributed by atoms with Crippen molar-refractivity contribution >= 4 is 15.7 Å². The topological polar surface area (TPSA) is 168 Å². The van der Waals surface area contributed by atoms with E-state index in [4.69, 9.17) is 5.11 Å². The Morgan fingerprint density at radius 2 is 1.89 bits per heavy atom. The van der Waals surface area contributed by atoms with E-state index in [9.17, 15) is 23.7 Å². The van der Waals surface area contributed by atoms with Gasteiger partial charge in [-0.3, -0.25) is 0 Å². The molecule has 1 aromatic carbocycles. The summed E-state index contributed by atoms with van der Waals surface area (Å²) in [6, 6.07) is 6.24. The van der Waals surface area contributed by atoms with Gasteiger partial charge >= 0.3 is 0 Å². The standard InChI is InChI=1S/C16H22N4O6S/c1-9-3-5-11(6-4-9)27(25,26)20-19-10(2)16-17-7-12(18-16)14(23)15(24)13(22)8-21/h3-7,13-15,20-24H,8H2,1-2H3,(H,17,18)/t13-,14-,15-/m1/s1. The van der Waals surface area contributed by atoms with Gasteiger partial charge in [0, 0.05) is 6.20 Å². The Bertz CT molecular complexity index is 894. The number of sulfonamides is 1. The van der Waals surface area contributed by atoms with Crippen LogP contribution in [-0.4, -0.2) is 63.3 Å². The monoisotopic (exact) mass is 398 g/mol. The molecule has 0 fully saturated rings. The third-order valence-electron chi connectivity index (χ3n) is 3.81. The van der Waals surface area contributed by atoms with Gasteiger partial charge in [0.15, 0.2) is 5.82 Å². The maximum absolute atomic E-state index is 12.2. The molecule has 0 aliphatic heterocycles. The number of aliphatic hydroxyl groups is 4. The lowest BCUT2D eigenvalue weighted by Crippen LogP contribution is -2.34. The van der Waals surface area contributed by atoms with Crippen LogP contribution < -0.4 is 4.83 Å². The van der Waals surface area contributed by atoms with E-state index in [1.54, 1.807) is 12.1 Å². The van der Waals surface area contributed by atoms with Gasteiger partial charge in [-0.25, -0.2) is 4.98 Å². The van der Waals surface area contributed by atoms with E-state index in [1.807, 2.05) is 6.92 Å². The number of nitrogens with one attached hydrogen (secondary N) is 2. The number of imidazole rings is 1. The van der Waals surface area contributed by atoms with Crippen LogP contribution in [0.5, 0.6) is 0 Å². The van der Waals surface area contributed by atoms with Gasteiger partial charge in [-0.15, -0.1) is 0 Å². The molecule has 2 aromatic rings. The second kappa shape index (κ2) is 8.59. The zero-order valence-corrected chi connectivity index (χ0v) is 15.6. The number of aromatic amines is 1. The van der Waals surface area contributed by atoms with Gasteiger partial charge in [0.2, 0.25) is 0 Å². The first-order chi connectivity index (χ1) is 12.7. The Hall–Kier alpha value is -2.31. The molecule has 0 saturated heterocycles. The SMILES string of the molecule is CC(=NNS(=O)(=O)c1ccc(C)cc1)c1nc([C@@H](O)[C@H](O)[C@H](O)CO)c[nH]1. The first kappa shape index (κ1) is 21.0. The van der Waals surface area contributed by atoms with Gasteiger partial charge < -0.3 is 25.4 Å². The van der Waals surface area contributed by atoms with Gasteiger partial charge in [-0.05, 0) is 26.0 Å². The first-order valence-electron chi connectivity index (χ1n) is 7.99. The maximum atomic E-state index is 12.2. The number of hydrogen-bond donors (Lipinski definition) is 6. The van der Waals surface area contributed by atoms with Crippen molar-refractivity contribution in [1.82, 2.24) is 14.8 Å². The molecule has 6 N–H and O–H groups in total. The molecule has 0 aliphatic rings. The maximum Gasteiger partial charge on any atom is 0.276 e. The second-order valence-electron chi connectivity index (χ2n) is 5.96. The van der Waals surface area contributed by atoms with Crippen LogP contribution in [-0.2, 0) is 10.0 Å². The van der Waals surface area contributed by atoms with Gasteiger partial charge in [0.05, 0.1) is 17.2 Å². The van der Waals surface area contributed by atoms with E-state index < -0.39 is 34.9 Å². The van der Waals surface area contributed by atoms with Crippen molar-refractivity contribution in [2.24, 2.45) is 5.10 Å². The summed E-state index contributed by atoms with van der Waals surface area (Å²) in [7, 11) is -3.85. The van der Waals surface area contributed by atoms with Gasteiger partial charge in [0.1, 0.15) is 24.0 Å². The normalized spacial score (nSPS) is 16.0. The molecule has 10 nitrogen and oxygen atoms in total. The molecule has 1 aromatic heterocycles. The largest absolute Gasteiger partial charge is 0.394 e. The molecule has 0 unspecified atom stereocenters. The van der Waals surface area contributed by atoms with Crippen molar-refractivity contribution in [1.29, 1.82) is 0 Å². The van der Waals surface area contributed by atoms with E-state index in [0.717, 1.165) is 5.56 Å². The summed E-state index contributed by atoms with van der Waals surface area (Å²) >= 11 is 0. The van der Waals surface area contributed by atoms with Crippen molar-refractivity contribution in [3.05, 3.63) is 47.5 Å². The number of rotatable bonds is 8. The Morgan fingerprint density at radius 1 is 1.26 bits per heavy atom. The smallest absolute Gasteiger partial charge is 0.276 e. The molecule has 3 atom stereocenters. The number of benzene rings is 1. The molecular weight excluding hydrogens is 376 g/mol. The fourth-order valence-corrected chi connectivity index (χ4v) is 2.97. The third-order valence-corrected chi connectivity index (χ3v) is 5.04. The lowest BCUT2D eigenvalue weighted by Gasteiger charge is -2.19. The Morgan fingerprint density at radius 3 is 2.48 bits per heavy atom. The van der Waals surface area contributed by atoms with Crippen LogP contribution in [0.4, 0.5) is 0 Å². The molecule has 0 radical (unpaired) electrons. The highest BCUT2D eigenvalue weighted by atomic mass is 32.2. The van der Waals surface area contributed by atoms with E-state index in [-0.39, 0.29) is 22.1 Å². The van der Waals surface area contributed by atoms with E-state index in [1.165, 1.54) is 25.3 Å². The van der Waals surface area contributed by atoms with E-state index in [2.05, 4.69) is 19.9 Å². The average molecular weight is 398 g/mol. The van der Waals surface area contributed by atoms with Crippen molar-refractivity contribution in [2.75, 3.05) is 6.61 Å². The molecule has 0 aliphatic carbocycles. The minimum atomic E-state index is -3.85. The summed E-state index contributed by atoms with van der Waals surface area (Å²) in [5.74, 6) is 0.154. The Labute approximate surface area is 156 Å². The second-order valence-corrected chi connectivity index (χ2v) is 7.63. The third kappa shape index (κ3) is 5.11. The predicted molar refractivity (Wildman–Crippen MR) is 96.4 cm³/mol. The van der Waals surface area contributed by atoms with Crippen molar-refractivity contribution in [2.45, 2.75) is 37.1 Å². The summed E-state index contributed by atoms with van der Waals surface area (Å²) in [5, 5.41) is 41.6. The number of hydrazone groups is 1. The number of H-pyrrole nitrogens is 1. The zero-order valence-electron chi connectivity index (χ0n) is 14.7. The van der Waals surface area contributed by atoms with E-state index in [0.29, 0.717) is 0 Å². The molecule has 1 heterocycles. The molecule has 11 heteroatoms. The van der Waals surface area contributed by atoms with Crippen molar-refractivity contribution in [3.63, 3.8) is 0 Å². The first-order valence-corrected chi connectivity index (χ1v) is 9.47. The highest BCUT2D eigenvalue weighted by molar-refractivity contribution is 7.89. The zero-order chi connectivity index (χ0) is 20.2. The molecule has 0 bridgehead atoms.